The van der Waals surface area contributed by atoms with Gasteiger partial charge in [-0.05, 0) is 73.0 Å². The second-order valence-electron chi connectivity index (χ2n) is 8.00. The molecule has 0 amide bonds. The molecule has 5 nitrogen and oxygen atoms in total. The summed E-state index contributed by atoms with van der Waals surface area (Å²) in [6.07, 6.45) is 1.32. The lowest BCUT2D eigenvalue weighted by Crippen LogP contribution is -2.39. The molecular weight excluding hydrogens is 390 g/mol. The van der Waals surface area contributed by atoms with Crippen LogP contribution >= 0.6 is 0 Å². The average Bonchev–Trinajstić information content (AvgIpc) is 2.80. The Bertz CT molecular complexity index is 1060. The number of hydrogen-bond acceptors (Lipinski definition) is 4. The summed E-state index contributed by atoms with van der Waals surface area (Å²) in [6.45, 7) is 4.00. The fourth-order valence-electron chi connectivity index (χ4n) is 4.53. The van der Waals surface area contributed by atoms with Gasteiger partial charge < -0.3 is 14.6 Å². The van der Waals surface area contributed by atoms with Gasteiger partial charge in [-0.15, -0.1) is 0 Å². The maximum Gasteiger partial charge on any atom is 0.306 e. The summed E-state index contributed by atoms with van der Waals surface area (Å²) >= 11 is 0. The third-order valence-corrected chi connectivity index (χ3v) is 6.14. The number of methoxy groups -OCH3 is 1. The van der Waals surface area contributed by atoms with Gasteiger partial charge in [-0.2, -0.15) is 0 Å². The number of carboxylic acid groups (broad SMARTS) is 1. The summed E-state index contributed by atoms with van der Waals surface area (Å²) in [6, 6.07) is 21.1. The number of nitrogens with zero attached hydrogens (tertiary/aromatic N) is 1. The van der Waals surface area contributed by atoms with Gasteiger partial charge in [0.05, 0.1) is 25.7 Å². The standard InChI is InChI=1S/C26H29NO4/c1-3-31-24-17-22(10-11-23(24)30-2)25(27-14-12-19(13-15-27)26(28)29)21-9-8-18-6-4-5-7-20(18)16-21/h4-11,16-17,19,25H,3,12-15H2,1-2H3,(H,28,29). The van der Waals surface area contributed by atoms with E-state index in [1.807, 2.05) is 19.1 Å². The van der Waals surface area contributed by atoms with E-state index in [0.29, 0.717) is 25.2 Å². The zero-order valence-corrected chi connectivity index (χ0v) is 18.1. The molecule has 1 fully saturated rings. The molecule has 1 aliphatic rings. The number of ether oxygens (including phenoxy) is 2. The molecule has 1 saturated heterocycles. The average molecular weight is 420 g/mol. The molecule has 0 radical (unpaired) electrons. The van der Waals surface area contributed by atoms with E-state index in [4.69, 9.17) is 9.47 Å². The monoisotopic (exact) mass is 419 g/mol. The van der Waals surface area contributed by atoms with Crippen LogP contribution in [0.1, 0.15) is 36.9 Å². The first kappa shape index (κ1) is 21.2. The number of likely N-dealkylation sites (tertiary alicyclic amines) is 1. The summed E-state index contributed by atoms with van der Waals surface area (Å²) in [5.41, 5.74) is 2.31. The van der Waals surface area contributed by atoms with Gasteiger partial charge >= 0.3 is 5.97 Å². The number of piperidine rings is 1. The molecular formula is C26H29NO4. The highest BCUT2D eigenvalue weighted by molar-refractivity contribution is 5.83. The van der Waals surface area contributed by atoms with E-state index in [1.165, 1.54) is 16.3 Å². The molecule has 0 aromatic heterocycles. The predicted molar refractivity (Wildman–Crippen MR) is 122 cm³/mol. The van der Waals surface area contributed by atoms with Crippen molar-refractivity contribution in [2.45, 2.75) is 25.8 Å². The Morgan fingerprint density at radius 2 is 1.68 bits per heavy atom. The quantitative estimate of drug-likeness (QED) is 0.575. The molecule has 1 N–H and O–H groups in total. The van der Waals surface area contributed by atoms with E-state index < -0.39 is 5.97 Å². The molecule has 162 valence electrons. The van der Waals surface area contributed by atoms with Gasteiger partial charge in [0.25, 0.3) is 0 Å². The van der Waals surface area contributed by atoms with Gasteiger partial charge in [-0.1, -0.05) is 42.5 Å². The highest BCUT2D eigenvalue weighted by Gasteiger charge is 2.30. The van der Waals surface area contributed by atoms with Crippen molar-refractivity contribution >= 4 is 16.7 Å². The Kier molecular flexibility index (Phi) is 6.42. The molecule has 31 heavy (non-hydrogen) atoms. The Labute approximate surface area is 183 Å². The molecule has 1 atom stereocenters. The molecule has 3 aromatic carbocycles. The molecule has 5 heteroatoms. The topological polar surface area (TPSA) is 59.0 Å². The first-order valence-electron chi connectivity index (χ1n) is 10.9. The molecule has 0 saturated carbocycles. The Morgan fingerprint density at radius 3 is 2.35 bits per heavy atom. The van der Waals surface area contributed by atoms with E-state index in [1.54, 1.807) is 7.11 Å². The molecule has 0 bridgehead atoms. The lowest BCUT2D eigenvalue weighted by Gasteiger charge is -2.37. The number of rotatable bonds is 7. The van der Waals surface area contributed by atoms with Crippen molar-refractivity contribution in [3.05, 3.63) is 71.8 Å². The maximum absolute atomic E-state index is 11.5. The predicted octanol–water partition coefficient (Wildman–Crippen LogP) is 5.13. The van der Waals surface area contributed by atoms with Crippen molar-refractivity contribution in [2.24, 2.45) is 5.92 Å². The van der Waals surface area contributed by atoms with E-state index in [0.717, 1.165) is 24.4 Å². The first-order valence-corrected chi connectivity index (χ1v) is 10.9. The van der Waals surface area contributed by atoms with E-state index in [2.05, 4.69) is 53.4 Å². The third-order valence-electron chi connectivity index (χ3n) is 6.14. The zero-order chi connectivity index (χ0) is 21.8. The van der Waals surface area contributed by atoms with Crippen LogP contribution in [0, 0.1) is 5.92 Å². The number of carboxylic acids is 1. The Balaban J connectivity index is 1.75. The highest BCUT2D eigenvalue weighted by atomic mass is 16.5. The molecule has 1 heterocycles. The number of hydrogen-bond donors (Lipinski definition) is 1. The minimum absolute atomic E-state index is 0.0180. The Morgan fingerprint density at radius 1 is 1.00 bits per heavy atom. The van der Waals surface area contributed by atoms with Crippen LogP contribution in [0.2, 0.25) is 0 Å². The van der Waals surface area contributed by atoms with Gasteiger partial charge in [-0.25, -0.2) is 0 Å². The van der Waals surface area contributed by atoms with Crippen molar-refractivity contribution in [3.8, 4) is 11.5 Å². The molecule has 1 aliphatic heterocycles. The number of carbonyl (C=O) groups is 1. The van der Waals surface area contributed by atoms with E-state index in [-0.39, 0.29) is 12.0 Å². The summed E-state index contributed by atoms with van der Waals surface area (Å²) in [7, 11) is 1.65. The SMILES string of the molecule is CCOc1cc(C(c2ccc3ccccc3c2)N2CCC(C(=O)O)CC2)ccc1OC. The summed E-state index contributed by atoms with van der Waals surface area (Å²) in [5, 5.41) is 11.8. The number of fused-ring (bicyclic) bond motifs is 1. The summed E-state index contributed by atoms with van der Waals surface area (Å²) in [5.74, 6) is 0.495. The van der Waals surface area contributed by atoms with Crippen LogP contribution in [0.15, 0.2) is 60.7 Å². The second-order valence-corrected chi connectivity index (χ2v) is 8.00. The zero-order valence-electron chi connectivity index (χ0n) is 18.1. The highest BCUT2D eigenvalue weighted by Crippen LogP contribution is 2.38. The van der Waals surface area contributed by atoms with Crippen LogP contribution in [-0.4, -0.2) is 42.8 Å². The van der Waals surface area contributed by atoms with Crippen molar-refractivity contribution in [1.29, 1.82) is 0 Å². The summed E-state index contributed by atoms with van der Waals surface area (Å²) in [4.78, 5) is 13.8. The van der Waals surface area contributed by atoms with Gasteiger partial charge in [0.15, 0.2) is 11.5 Å². The first-order chi connectivity index (χ1) is 15.1. The third kappa shape index (κ3) is 4.52. The van der Waals surface area contributed by atoms with Crippen LogP contribution in [0.5, 0.6) is 11.5 Å². The smallest absolute Gasteiger partial charge is 0.306 e. The van der Waals surface area contributed by atoms with Gasteiger partial charge in [0.1, 0.15) is 0 Å². The van der Waals surface area contributed by atoms with Gasteiger partial charge in [0, 0.05) is 0 Å². The minimum Gasteiger partial charge on any atom is -0.493 e. The van der Waals surface area contributed by atoms with Crippen LogP contribution in [0.4, 0.5) is 0 Å². The van der Waals surface area contributed by atoms with Crippen molar-refractivity contribution in [1.82, 2.24) is 4.90 Å². The minimum atomic E-state index is -0.690. The molecule has 1 unspecified atom stereocenters. The van der Waals surface area contributed by atoms with E-state index >= 15 is 0 Å². The second kappa shape index (κ2) is 9.40. The van der Waals surface area contributed by atoms with Crippen LogP contribution in [0.25, 0.3) is 10.8 Å². The number of aliphatic carboxylic acids is 1. The van der Waals surface area contributed by atoms with Crippen LogP contribution in [0.3, 0.4) is 0 Å². The van der Waals surface area contributed by atoms with Crippen molar-refractivity contribution < 1.29 is 19.4 Å². The van der Waals surface area contributed by atoms with E-state index in [9.17, 15) is 9.90 Å². The molecule has 0 aliphatic carbocycles. The fourth-order valence-corrected chi connectivity index (χ4v) is 4.53. The largest absolute Gasteiger partial charge is 0.493 e. The van der Waals surface area contributed by atoms with Crippen molar-refractivity contribution in [2.75, 3.05) is 26.8 Å². The van der Waals surface area contributed by atoms with Crippen LogP contribution in [-0.2, 0) is 4.79 Å². The molecule has 3 aromatic rings. The fraction of sp³-hybridized carbons (Fsp3) is 0.346. The van der Waals surface area contributed by atoms with Gasteiger partial charge in [-0.3, -0.25) is 9.69 Å². The lowest BCUT2D eigenvalue weighted by molar-refractivity contribution is -0.143. The molecule has 0 spiro atoms. The van der Waals surface area contributed by atoms with Crippen molar-refractivity contribution in [3.63, 3.8) is 0 Å². The summed E-state index contributed by atoms with van der Waals surface area (Å²) < 4.78 is 11.3. The maximum atomic E-state index is 11.5. The lowest BCUT2D eigenvalue weighted by atomic mass is 9.90. The normalized spacial score (nSPS) is 16.2. The Hall–Kier alpha value is -3.05. The van der Waals surface area contributed by atoms with Gasteiger partial charge in [0.2, 0.25) is 0 Å². The number of benzene rings is 3. The molecule has 4 rings (SSSR count). The van der Waals surface area contributed by atoms with Crippen LogP contribution < -0.4 is 9.47 Å².